The first-order chi connectivity index (χ1) is 8.74. The van der Waals surface area contributed by atoms with Crippen LogP contribution in [0.25, 0.3) is 0 Å². The molecule has 18 heavy (non-hydrogen) atoms. The number of hydrogen-bond donors (Lipinski definition) is 1. The van der Waals surface area contributed by atoms with Crippen LogP contribution in [0.5, 0.6) is 0 Å². The molecule has 2 rings (SSSR count). The Labute approximate surface area is 108 Å². The summed E-state index contributed by atoms with van der Waals surface area (Å²) in [6, 6.07) is 0.483. The molecule has 1 aliphatic rings. The van der Waals surface area contributed by atoms with Gasteiger partial charge in [-0.3, -0.25) is 0 Å². The second-order valence-electron chi connectivity index (χ2n) is 5.03. The van der Waals surface area contributed by atoms with Crippen LogP contribution in [0.15, 0.2) is 4.52 Å². The van der Waals surface area contributed by atoms with Crippen LogP contribution in [0.2, 0.25) is 0 Å². The Bertz CT molecular complexity index is 363. The van der Waals surface area contributed by atoms with E-state index in [9.17, 15) is 0 Å². The highest BCUT2D eigenvalue weighted by Gasteiger charge is 2.32. The lowest BCUT2D eigenvalue weighted by molar-refractivity contribution is 0.109. The minimum absolute atomic E-state index is 0.106. The molecule has 1 aromatic heterocycles. The second-order valence-corrected chi connectivity index (χ2v) is 5.03. The number of hydrogen-bond acceptors (Lipinski definition) is 5. The normalized spacial score (nSPS) is 18.8. The van der Waals surface area contributed by atoms with Crippen LogP contribution in [-0.2, 0) is 11.2 Å². The Kier molecular flexibility index (Phi) is 4.72. The summed E-state index contributed by atoms with van der Waals surface area (Å²) in [5.41, 5.74) is 0. The van der Waals surface area contributed by atoms with Crippen molar-refractivity contribution in [2.75, 3.05) is 13.7 Å². The SMILES string of the molecule is CCCNC(Cc1nc(C(C)OC)no1)C1CC1. The van der Waals surface area contributed by atoms with Gasteiger partial charge in [0.05, 0.1) is 0 Å². The minimum atomic E-state index is -0.106. The van der Waals surface area contributed by atoms with Gasteiger partial charge in [0, 0.05) is 19.6 Å². The Balaban J connectivity index is 1.91. The summed E-state index contributed by atoms with van der Waals surface area (Å²) in [4.78, 5) is 4.40. The van der Waals surface area contributed by atoms with Crippen molar-refractivity contribution in [1.82, 2.24) is 15.5 Å². The summed E-state index contributed by atoms with van der Waals surface area (Å²) in [6.07, 6.45) is 4.51. The Hall–Kier alpha value is -0.940. The molecule has 0 spiro atoms. The van der Waals surface area contributed by atoms with E-state index in [0.717, 1.165) is 31.2 Å². The molecule has 1 aromatic rings. The van der Waals surface area contributed by atoms with Gasteiger partial charge in [-0.2, -0.15) is 4.98 Å². The van der Waals surface area contributed by atoms with Gasteiger partial charge in [-0.15, -0.1) is 0 Å². The summed E-state index contributed by atoms with van der Waals surface area (Å²) in [6.45, 7) is 5.15. The van der Waals surface area contributed by atoms with Crippen molar-refractivity contribution in [3.05, 3.63) is 11.7 Å². The summed E-state index contributed by atoms with van der Waals surface area (Å²) in [7, 11) is 1.65. The molecule has 1 N–H and O–H groups in total. The predicted molar refractivity (Wildman–Crippen MR) is 68.2 cm³/mol. The summed E-state index contributed by atoms with van der Waals surface area (Å²) in [5, 5.41) is 7.53. The van der Waals surface area contributed by atoms with E-state index >= 15 is 0 Å². The van der Waals surface area contributed by atoms with E-state index in [2.05, 4.69) is 22.4 Å². The van der Waals surface area contributed by atoms with Crippen LogP contribution in [0.3, 0.4) is 0 Å². The maximum atomic E-state index is 5.29. The fourth-order valence-electron chi connectivity index (χ4n) is 2.04. The van der Waals surface area contributed by atoms with Crippen molar-refractivity contribution in [1.29, 1.82) is 0 Å². The molecule has 2 atom stereocenters. The first-order valence-electron chi connectivity index (χ1n) is 6.83. The number of aromatic nitrogens is 2. The smallest absolute Gasteiger partial charge is 0.228 e. The zero-order chi connectivity index (χ0) is 13.0. The highest BCUT2D eigenvalue weighted by Crippen LogP contribution is 2.34. The third kappa shape index (κ3) is 3.53. The lowest BCUT2D eigenvalue weighted by Gasteiger charge is -2.15. The topological polar surface area (TPSA) is 60.2 Å². The molecule has 5 heteroatoms. The fourth-order valence-corrected chi connectivity index (χ4v) is 2.04. The molecule has 0 aliphatic heterocycles. The van der Waals surface area contributed by atoms with Gasteiger partial charge in [-0.1, -0.05) is 12.1 Å². The lowest BCUT2D eigenvalue weighted by atomic mass is 10.1. The molecule has 0 saturated heterocycles. The van der Waals surface area contributed by atoms with Gasteiger partial charge in [-0.25, -0.2) is 0 Å². The molecule has 1 fully saturated rings. The van der Waals surface area contributed by atoms with E-state index in [1.807, 2.05) is 6.92 Å². The van der Waals surface area contributed by atoms with Crippen molar-refractivity contribution in [2.45, 2.75) is 51.7 Å². The van der Waals surface area contributed by atoms with Crippen molar-refractivity contribution in [3.8, 4) is 0 Å². The molecule has 1 heterocycles. The Morgan fingerprint density at radius 1 is 1.50 bits per heavy atom. The average Bonchev–Trinajstić information content (AvgIpc) is 3.13. The first-order valence-corrected chi connectivity index (χ1v) is 6.83. The molecular weight excluding hydrogens is 230 g/mol. The van der Waals surface area contributed by atoms with E-state index in [0.29, 0.717) is 11.9 Å². The molecule has 1 aliphatic carbocycles. The molecule has 0 amide bonds. The highest BCUT2D eigenvalue weighted by atomic mass is 16.5. The van der Waals surface area contributed by atoms with Crippen LogP contribution in [-0.4, -0.2) is 29.8 Å². The Morgan fingerprint density at radius 3 is 2.89 bits per heavy atom. The molecule has 0 radical (unpaired) electrons. The quantitative estimate of drug-likeness (QED) is 0.768. The van der Waals surface area contributed by atoms with Gasteiger partial charge in [0.1, 0.15) is 6.10 Å². The predicted octanol–water partition coefficient (Wildman–Crippen LogP) is 2.10. The summed E-state index contributed by atoms with van der Waals surface area (Å²) >= 11 is 0. The van der Waals surface area contributed by atoms with E-state index in [1.54, 1.807) is 7.11 Å². The second kappa shape index (κ2) is 6.29. The third-order valence-electron chi connectivity index (χ3n) is 3.44. The van der Waals surface area contributed by atoms with Crippen LogP contribution < -0.4 is 5.32 Å². The Morgan fingerprint density at radius 2 is 2.28 bits per heavy atom. The molecule has 1 saturated carbocycles. The molecule has 0 aromatic carbocycles. The van der Waals surface area contributed by atoms with Gasteiger partial charge in [0.2, 0.25) is 5.89 Å². The van der Waals surface area contributed by atoms with Gasteiger partial charge in [0.25, 0.3) is 0 Å². The van der Waals surface area contributed by atoms with Gasteiger partial charge < -0.3 is 14.6 Å². The maximum Gasteiger partial charge on any atom is 0.228 e. The molecule has 102 valence electrons. The van der Waals surface area contributed by atoms with E-state index in [1.165, 1.54) is 12.8 Å². The first kappa shape index (κ1) is 13.5. The van der Waals surface area contributed by atoms with Crippen molar-refractivity contribution in [2.24, 2.45) is 5.92 Å². The fraction of sp³-hybridized carbons (Fsp3) is 0.846. The molecule has 5 nitrogen and oxygen atoms in total. The number of rotatable bonds is 8. The average molecular weight is 253 g/mol. The summed E-state index contributed by atoms with van der Waals surface area (Å²) < 4.78 is 10.5. The largest absolute Gasteiger partial charge is 0.374 e. The molecule has 0 bridgehead atoms. The number of nitrogens with zero attached hydrogens (tertiary/aromatic N) is 2. The zero-order valence-electron chi connectivity index (χ0n) is 11.5. The van der Waals surface area contributed by atoms with Crippen LogP contribution in [0, 0.1) is 5.92 Å². The van der Waals surface area contributed by atoms with Crippen molar-refractivity contribution >= 4 is 0 Å². The van der Waals surface area contributed by atoms with Gasteiger partial charge >= 0.3 is 0 Å². The van der Waals surface area contributed by atoms with Gasteiger partial charge in [0.15, 0.2) is 5.82 Å². The van der Waals surface area contributed by atoms with Crippen LogP contribution in [0.4, 0.5) is 0 Å². The minimum Gasteiger partial charge on any atom is -0.374 e. The van der Waals surface area contributed by atoms with E-state index in [-0.39, 0.29) is 6.10 Å². The van der Waals surface area contributed by atoms with E-state index in [4.69, 9.17) is 9.26 Å². The number of methoxy groups -OCH3 is 1. The lowest BCUT2D eigenvalue weighted by Crippen LogP contribution is -2.33. The molecular formula is C13H23N3O2. The standard InChI is InChI=1S/C13H23N3O2/c1-4-7-14-11(10-5-6-10)8-12-15-13(16-18-12)9(2)17-3/h9-11,14H,4-8H2,1-3H3. The van der Waals surface area contributed by atoms with E-state index < -0.39 is 0 Å². The highest BCUT2D eigenvalue weighted by molar-refractivity contribution is 4.96. The number of ether oxygens (including phenoxy) is 1. The van der Waals surface area contributed by atoms with Crippen molar-refractivity contribution in [3.63, 3.8) is 0 Å². The molecule has 2 unspecified atom stereocenters. The monoisotopic (exact) mass is 253 g/mol. The zero-order valence-corrected chi connectivity index (χ0v) is 11.5. The van der Waals surface area contributed by atoms with Crippen LogP contribution >= 0.6 is 0 Å². The summed E-state index contributed by atoms with van der Waals surface area (Å²) in [5.74, 6) is 2.14. The van der Waals surface area contributed by atoms with Crippen molar-refractivity contribution < 1.29 is 9.26 Å². The van der Waals surface area contributed by atoms with Crippen LogP contribution in [0.1, 0.15) is 50.9 Å². The maximum absolute atomic E-state index is 5.29. The third-order valence-corrected chi connectivity index (χ3v) is 3.44. The van der Waals surface area contributed by atoms with Gasteiger partial charge in [-0.05, 0) is 38.6 Å². The number of nitrogens with one attached hydrogen (secondary N) is 1.